The maximum atomic E-state index is 10.7. The number of rotatable bonds is 9. The lowest BCUT2D eigenvalue weighted by atomic mass is 10.1. The quantitative estimate of drug-likeness (QED) is 0.303. The summed E-state index contributed by atoms with van der Waals surface area (Å²) in [5.74, 6) is 6.88. The van der Waals surface area contributed by atoms with E-state index < -0.39 is 5.97 Å². The highest BCUT2D eigenvalue weighted by molar-refractivity contribution is 5.67. The molecule has 0 bridgehead atoms. The first-order valence-electron chi connectivity index (χ1n) is 13.1. The van der Waals surface area contributed by atoms with Gasteiger partial charge in [0, 0.05) is 60.1 Å². The minimum atomic E-state index is -0.835. The Hall–Kier alpha value is -4.26. The summed E-state index contributed by atoms with van der Waals surface area (Å²) in [6, 6.07) is 13.3. The van der Waals surface area contributed by atoms with Crippen LogP contribution in [-0.2, 0) is 27.2 Å². The molecule has 4 aromatic rings. The van der Waals surface area contributed by atoms with Crippen molar-refractivity contribution in [2.24, 2.45) is 0 Å². The first-order chi connectivity index (χ1) is 19.0. The van der Waals surface area contributed by atoms with Crippen LogP contribution in [-0.4, -0.2) is 43.7 Å². The fourth-order valence-corrected chi connectivity index (χ4v) is 4.36. The highest BCUT2D eigenvalue weighted by Gasteiger charge is 2.21. The van der Waals surface area contributed by atoms with Crippen LogP contribution in [0.2, 0.25) is 0 Å². The fourth-order valence-electron chi connectivity index (χ4n) is 4.36. The largest absolute Gasteiger partial charge is 0.481 e. The maximum absolute atomic E-state index is 10.7. The van der Waals surface area contributed by atoms with E-state index in [0.717, 1.165) is 59.8 Å². The van der Waals surface area contributed by atoms with Crippen LogP contribution in [0.1, 0.15) is 67.1 Å². The number of nitrogens with zero attached hydrogens (tertiary/aromatic N) is 4. The highest BCUT2D eigenvalue weighted by Crippen LogP contribution is 2.25. The third kappa shape index (κ3) is 7.19. The predicted octanol–water partition coefficient (Wildman–Crippen LogP) is 5.00. The average Bonchev–Trinajstić information content (AvgIpc) is 3.62. The van der Waals surface area contributed by atoms with Gasteiger partial charge in [0.25, 0.3) is 0 Å². The van der Waals surface area contributed by atoms with Crippen molar-refractivity contribution in [3.63, 3.8) is 0 Å². The van der Waals surface area contributed by atoms with Gasteiger partial charge in [-0.25, -0.2) is 4.98 Å². The van der Waals surface area contributed by atoms with Crippen LogP contribution in [0.4, 0.5) is 0 Å². The summed E-state index contributed by atoms with van der Waals surface area (Å²) in [5, 5.41) is 13.0. The standard InChI is InChI=1S/C30H30N4O5/c1-21(38-29-4-2-3-17-37-29)30-31-15-16-34(30)20-26-18-27(39-33-26)24-10-7-22(8-11-24)5-6-23-9-12-25(32-19-23)13-14-28(35)36/h7-12,15-16,18-19,21,29H,2-4,13-14,17,20H2,1H3,(H,35,36)/t21-,29?/m0/s1. The second-order valence-corrected chi connectivity index (χ2v) is 9.43. The Morgan fingerprint density at radius 3 is 2.69 bits per heavy atom. The lowest BCUT2D eigenvalue weighted by Gasteiger charge is -2.26. The molecule has 4 heterocycles. The molecule has 0 saturated carbocycles. The lowest BCUT2D eigenvalue weighted by Crippen LogP contribution is -2.24. The molecule has 200 valence electrons. The number of pyridine rings is 1. The third-order valence-corrected chi connectivity index (χ3v) is 6.44. The van der Waals surface area contributed by atoms with E-state index in [1.54, 1.807) is 12.4 Å². The number of carbonyl (C=O) groups is 1. The van der Waals surface area contributed by atoms with E-state index in [4.69, 9.17) is 19.1 Å². The number of hydrogen-bond donors (Lipinski definition) is 1. The number of imidazole rings is 1. The van der Waals surface area contributed by atoms with Crippen molar-refractivity contribution in [3.05, 3.63) is 89.4 Å². The molecular weight excluding hydrogens is 496 g/mol. The Labute approximate surface area is 226 Å². The van der Waals surface area contributed by atoms with Crippen LogP contribution >= 0.6 is 0 Å². The molecule has 0 aliphatic carbocycles. The first kappa shape index (κ1) is 26.4. The summed E-state index contributed by atoms with van der Waals surface area (Å²) in [5.41, 5.74) is 4.05. The lowest BCUT2D eigenvalue weighted by molar-refractivity contribution is -0.188. The number of aromatic nitrogens is 4. The smallest absolute Gasteiger partial charge is 0.303 e. The van der Waals surface area contributed by atoms with Gasteiger partial charge in [0.15, 0.2) is 12.1 Å². The molecule has 1 aliphatic heterocycles. The topological polar surface area (TPSA) is 112 Å². The zero-order valence-corrected chi connectivity index (χ0v) is 21.7. The van der Waals surface area contributed by atoms with E-state index in [-0.39, 0.29) is 18.8 Å². The molecule has 1 aromatic carbocycles. The Kier molecular flexibility index (Phi) is 8.46. The number of carboxylic acids is 1. The van der Waals surface area contributed by atoms with Gasteiger partial charge in [-0.3, -0.25) is 9.78 Å². The van der Waals surface area contributed by atoms with E-state index >= 15 is 0 Å². The second kappa shape index (κ2) is 12.5. The van der Waals surface area contributed by atoms with Gasteiger partial charge < -0.3 is 23.7 Å². The van der Waals surface area contributed by atoms with Crippen LogP contribution in [0.5, 0.6) is 0 Å². The van der Waals surface area contributed by atoms with Crippen molar-refractivity contribution in [3.8, 4) is 23.2 Å². The first-order valence-corrected chi connectivity index (χ1v) is 13.1. The van der Waals surface area contributed by atoms with Gasteiger partial charge in [0.05, 0.1) is 13.0 Å². The van der Waals surface area contributed by atoms with Crippen molar-refractivity contribution < 1.29 is 23.9 Å². The average molecular weight is 527 g/mol. The van der Waals surface area contributed by atoms with Gasteiger partial charge in [-0.05, 0) is 62.6 Å². The molecule has 2 atom stereocenters. The van der Waals surface area contributed by atoms with Gasteiger partial charge >= 0.3 is 5.97 Å². The van der Waals surface area contributed by atoms with Crippen LogP contribution in [0, 0.1) is 11.8 Å². The predicted molar refractivity (Wildman–Crippen MR) is 143 cm³/mol. The summed E-state index contributed by atoms with van der Waals surface area (Å²) < 4.78 is 19.4. The number of hydrogen-bond acceptors (Lipinski definition) is 7. The van der Waals surface area contributed by atoms with Crippen molar-refractivity contribution >= 4 is 5.97 Å². The molecule has 0 amide bonds. The monoisotopic (exact) mass is 526 g/mol. The second-order valence-electron chi connectivity index (χ2n) is 9.43. The minimum Gasteiger partial charge on any atom is -0.481 e. The Balaban J connectivity index is 1.19. The van der Waals surface area contributed by atoms with Crippen molar-refractivity contribution in [2.45, 2.75) is 58.0 Å². The van der Waals surface area contributed by atoms with E-state index in [9.17, 15) is 4.79 Å². The number of ether oxygens (including phenoxy) is 2. The molecule has 39 heavy (non-hydrogen) atoms. The summed E-state index contributed by atoms with van der Waals surface area (Å²) >= 11 is 0. The molecule has 1 N–H and O–H groups in total. The summed E-state index contributed by atoms with van der Waals surface area (Å²) in [6.07, 6.45) is 8.53. The zero-order chi connectivity index (χ0) is 27.0. The van der Waals surface area contributed by atoms with Crippen LogP contribution in [0.15, 0.2) is 65.6 Å². The van der Waals surface area contributed by atoms with Gasteiger partial charge in [-0.1, -0.05) is 17.0 Å². The van der Waals surface area contributed by atoms with Gasteiger partial charge in [-0.2, -0.15) is 0 Å². The molecule has 3 aromatic heterocycles. The van der Waals surface area contributed by atoms with E-state index in [0.29, 0.717) is 18.7 Å². The summed E-state index contributed by atoms with van der Waals surface area (Å²) in [6.45, 7) is 3.25. The summed E-state index contributed by atoms with van der Waals surface area (Å²) in [7, 11) is 0. The third-order valence-electron chi connectivity index (χ3n) is 6.44. The molecule has 1 fully saturated rings. The Morgan fingerprint density at radius 1 is 1.13 bits per heavy atom. The molecule has 1 unspecified atom stereocenters. The van der Waals surface area contributed by atoms with E-state index in [1.165, 1.54) is 0 Å². The molecule has 1 saturated heterocycles. The fraction of sp³-hybridized carbons (Fsp3) is 0.333. The molecular formula is C30H30N4O5. The van der Waals surface area contributed by atoms with Crippen LogP contribution in [0.3, 0.4) is 0 Å². The van der Waals surface area contributed by atoms with Crippen molar-refractivity contribution in [2.75, 3.05) is 6.61 Å². The van der Waals surface area contributed by atoms with Crippen LogP contribution in [0.25, 0.3) is 11.3 Å². The Bertz CT molecular complexity index is 1440. The molecule has 9 heteroatoms. The molecule has 0 spiro atoms. The van der Waals surface area contributed by atoms with Crippen LogP contribution < -0.4 is 0 Å². The zero-order valence-electron chi connectivity index (χ0n) is 21.7. The highest BCUT2D eigenvalue weighted by atomic mass is 16.7. The van der Waals surface area contributed by atoms with E-state index in [2.05, 4.69) is 27.0 Å². The van der Waals surface area contributed by atoms with Gasteiger partial charge in [-0.15, -0.1) is 0 Å². The SMILES string of the molecule is C[C@H](OC1CCCCO1)c1nccn1Cc1cc(-c2ccc(C#Cc3ccc(CCC(=O)O)nc3)cc2)on1. The van der Waals surface area contributed by atoms with Gasteiger partial charge in [0.1, 0.15) is 17.6 Å². The molecule has 5 rings (SSSR count). The molecule has 0 radical (unpaired) electrons. The number of aliphatic carboxylic acids is 1. The number of carboxylic acid groups (broad SMARTS) is 1. The summed E-state index contributed by atoms with van der Waals surface area (Å²) in [4.78, 5) is 19.5. The molecule has 1 aliphatic rings. The molecule has 9 nitrogen and oxygen atoms in total. The van der Waals surface area contributed by atoms with E-state index in [1.807, 2.05) is 60.2 Å². The van der Waals surface area contributed by atoms with Gasteiger partial charge in [0.2, 0.25) is 0 Å². The Morgan fingerprint density at radius 2 is 1.95 bits per heavy atom. The van der Waals surface area contributed by atoms with Crippen molar-refractivity contribution in [1.29, 1.82) is 0 Å². The minimum absolute atomic E-state index is 0.0615. The number of aryl methyl sites for hydroxylation is 1. The maximum Gasteiger partial charge on any atom is 0.303 e. The van der Waals surface area contributed by atoms with Crippen molar-refractivity contribution in [1.82, 2.24) is 19.7 Å². The number of benzene rings is 1. The normalized spacial score (nSPS) is 15.9.